The fourth-order valence-corrected chi connectivity index (χ4v) is 1.59. The minimum Gasteiger partial charge on any atom is -0.497 e. The number of ether oxygens (including phenoxy) is 2. The first kappa shape index (κ1) is 14.8. The summed E-state index contributed by atoms with van der Waals surface area (Å²) in [5, 5.41) is 0.878. The number of alkyl halides is 1. The molecule has 0 spiro atoms. The topological polar surface area (TPSA) is 44.2 Å². The molecule has 0 N–H and O–H groups in total. The number of halogens is 2. The van der Waals surface area contributed by atoms with Crippen molar-refractivity contribution in [3.05, 3.63) is 24.5 Å². The largest absolute Gasteiger partial charge is 0.497 e. The number of hydrogen-bond donors (Lipinski definition) is 0. The lowest BCUT2D eigenvalue weighted by atomic mass is 10.2. The quantitative estimate of drug-likeness (QED) is 0.627. The van der Waals surface area contributed by atoms with Crippen LogP contribution in [0.3, 0.4) is 0 Å². The first-order valence-corrected chi connectivity index (χ1v) is 5.86. The van der Waals surface area contributed by atoms with Crippen LogP contribution in [0.4, 0.5) is 0 Å². The van der Waals surface area contributed by atoms with Gasteiger partial charge in [0.1, 0.15) is 12.1 Å². The van der Waals surface area contributed by atoms with E-state index >= 15 is 0 Å². The molecule has 98 valence electrons. The van der Waals surface area contributed by atoms with Gasteiger partial charge in [0.2, 0.25) is 5.88 Å². The smallest absolute Gasteiger partial charge is 0.224 e. The zero-order valence-electron chi connectivity index (χ0n) is 9.93. The molecule has 1 aromatic heterocycles. The van der Waals surface area contributed by atoms with Crippen LogP contribution in [0, 0.1) is 0 Å². The molecule has 1 heterocycles. The molecule has 0 radical (unpaired) electrons. The van der Waals surface area contributed by atoms with Crippen LogP contribution >= 0.6 is 24.0 Å². The van der Waals surface area contributed by atoms with E-state index in [9.17, 15) is 0 Å². The Bertz CT molecular complexity index is 508. The number of methoxy groups -OCH3 is 1. The van der Waals surface area contributed by atoms with Crippen LogP contribution in [0.5, 0.6) is 11.6 Å². The van der Waals surface area contributed by atoms with Crippen molar-refractivity contribution in [2.45, 2.75) is 6.42 Å². The number of benzene rings is 1. The normalized spacial score (nSPS) is 9.89. The maximum atomic E-state index is 5.60. The number of nitrogens with zero attached hydrogens (tertiary/aromatic N) is 2. The van der Waals surface area contributed by atoms with Crippen LogP contribution in [-0.4, -0.2) is 29.6 Å². The molecule has 0 aliphatic rings. The number of aromatic nitrogens is 2. The average Bonchev–Trinajstić information content (AvgIpc) is 2.38. The van der Waals surface area contributed by atoms with Crippen LogP contribution in [0.25, 0.3) is 10.9 Å². The molecule has 0 aliphatic carbocycles. The van der Waals surface area contributed by atoms with Crippen molar-refractivity contribution >= 4 is 34.9 Å². The molecule has 0 amide bonds. The minimum absolute atomic E-state index is 0. The third-order valence-corrected chi connectivity index (χ3v) is 2.59. The molecule has 0 saturated heterocycles. The molecule has 2 aromatic rings. The van der Waals surface area contributed by atoms with Gasteiger partial charge >= 0.3 is 0 Å². The fraction of sp³-hybridized carbons (Fsp3) is 0.333. The van der Waals surface area contributed by atoms with Crippen LogP contribution in [0.1, 0.15) is 6.42 Å². The van der Waals surface area contributed by atoms with Crippen molar-refractivity contribution in [3.63, 3.8) is 0 Å². The molecule has 0 atom stereocenters. The van der Waals surface area contributed by atoms with E-state index in [0.29, 0.717) is 18.4 Å². The van der Waals surface area contributed by atoms with Gasteiger partial charge in [0.25, 0.3) is 0 Å². The predicted octanol–water partition coefficient (Wildman–Crippen LogP) is 3.07. The summed E-state index contributed by atoms with van der Waals surface area (Å²) in [5.41, 5.74) is 0.806. The van der Waals surface area contributed by atoms with Crippen molar-refractivity contribution < 1.29 is 9.47 Å². The van der Waals surface area contributed by atoms with Crippen molar-refractivity contribution in [3.8, 4) is 11.6 Å². The molecule has 0 saturated carbocycles. The maximum Gasteiger partial charge on any atom is 0.224 e. The zero-order valence-corrected chi connectivity index (χ0v) is 11.5. The monoisotopic (exact) mass is 288 g/mol. The molecule has 6 heteroatoms. The third-order valence-electron chi connectivity index (χ3n) is 2.32. The van der Waals surface area contributed by atoms with E-state index in [1.54, 1.807) is 7.11 Å². The first-order chi connectivity index (χ1) is 8.35. The fourth-order valence-electron chi connectivity index (χ4n) is 1.48. The van der Waals surface area contributed by atoms with E-state index in [1.165, 1.54) is 6.33 Å². The molecule has 0 aliphatic heterocycles. The van der Waals surface area contributed by atoms with E-state index < -0.39 is 0 Å². The van der Waals surface area contributed by atoms with E-state index in [2.05, 4.69) is 9.97 Å². The maximum absolute atomic E-state index is 5.60. The minimum atomic E-state index is 0. The highest BCUT2D eigenvalue weighted by Gasteiger charge is 2.05. The molecule has 0 bridgehead atoms. The van der Waals surface area contributed by atoms with Gasteiger partial charge < -0.3 is 9.47 Å². The van der Waals surface area contributed by atoms with Crippen molar-refractivity contribution in [1.29, 1.82) is 0 Å². The highest BCUT2D eigenvalue weighted by molar-refractivity contribution is 6.17. The van der Waals surface area contributed by atoms with Crippen molar-refractivity contribution in [2.24, 2.45) is 0 Å². The van der Waals surface area contributed by atoms with E-state index in [1.807, 2.05) is 18.2 Å². The molecule has 2 rings (SSSR count). The Balaban J connectivity index is 0.00000162. The molecule has 0 unspecified atom stereocenters. The number of hydrogen-bond acceptors (Lipinski definition) is 4. The number of fused-ring (bicyclic) bond motifs is 1. The summed E-state index contributed by atoms with van der Waals surface area (Å²) in [6.07, 6.45) is 2.28. The van der Waals surface area contributed by atoms with E-state index in [0.717, 1.165) is 23.1 Å². The standard InChI is InChI=1S/C12H13ClN2O2.ClH/c1-16-9-3-4-10-11(7-9)14-8-15-12(10)17-6-2-5-13;/h3-4,7-8H,2,5-6H2,1H3;1H. The second kappa shape index (κ2) is 7.24. The lowest BCUT2D eigenvalue weighted by molar-refractivity contribution is 0.310. The third kappa shape index (κ3) is 3.37. The highest BCUT2D eigenvalue weighted by Crippen LogP contribution is 2.25. The number of rotatable bonds is 5. The first-order valence-electron chi connectivity index (χ1n) is 5.32. The predicted molar refractivity (Wildman–Crippen MR) is 74.2 cm³/mol. The lowest BCUT2D eigenvalue weighted by Gasteiger charge is -2.07. The van der Waals surface area contributed by atoms with Gasteiger partial charge in [-0.25, -0.2) is 9.97 Å². The SMILES string of the molecule is COc1ccc2c(OCCCCl)ncnc2c1.Cl. The van der Waals surface area contributed by atoms with Gasteiger partial charge in [-0.15, -0.1) is 24.0 Å². The summed E-state index contributed by atoms with van der Waals surface area (Å²) >= 11 is 5.60. The Kier molecular flexibility index (Phi) is 5.95. The summed E-state index contributed by atoms with van der Waals surface area (Å²) in [4.78, 5) is 8.30. The molecule has 1 aromatic carbocycles. The van der Waals surface area contributed by atoms with Crippen LogP contribution in [-0.2, 0) is 0 Å². The van der Waals surface area contributed by atoms with Gasteiger partial charge in [0, 0.05) is 11.9 Å². The summed E-state index contributed by atoms with van der Waals surface area (Å²) in [6, 6.07) is 5.61. The Morgan fingerprint density at radius 3 is 2.83 bits per heavy atom. The lowest BCUT2D eigenvalue weighted by Crippen LogP contribution is -2.00. The van der Waals surface area contributed by atoms with Crippen LogP contribution in [0.2, 0.25) is 0 Å². The van der Waals surface area contributed by atoms with Crippen LogP contribution in [0.15, 0.2) is 24.5 Å². The van der Waals surface area contributed by atoms with Gasteiger partial charge in [-0.2, -0.15) is 0 Å². The molecular formula is C12H14Cl2N2O2. The summed E-state index contributed by atoms with van der Waals surface area (Å²) in [6.45, 7) is 0.557. The molecule has 0 fully saturated rings. The summed E-state index contributed by atoms with van der Waals surface area (Å²) in [7, 11) is 1.63. The van der Waals surface area contributed by atoms with Gasteiger partial charge in [-0.3, -0.25) is 0 Å². The van der Waals surface area contributed by atoms with Gasteiger partial charge in [-0.05, 0) is 18.6 Å². The summed E-state index contributed by atoms with van der Waals surface area (Å²) < 4.78 is 10.7. The van der Waals surface area contributed by atoms with Crippen molar-refractivity contribution in [2.75, 3.05) is 19.6 Å². The second-order valence-corrected chi connectivity index (χ2v) is 3.83. The zero-order chi connectivity index (χ0) is 12.1. The van der Waals surface area contributed by atoms with E-state index in [-0.39, 0.29) is 12.4 Å². The summed E-state index contributed by atoms with van der Waals surface area (Å²) in [5.74, 6) is 1.93. The van der Waals surface area contributed by atoms with E-state index in [4.69, 9.17) is 21.1 Å². The Labute approximate surface area is 117 Å². The Morgan fingerprint density at radius 2 is 2.11 bits per heavy atom. The van der Waals surface area contributed by atoms with Gasteiger partial charge in [0.05, 0.1) is 24.6 Å². The molecular weight excluding hydrogens is 275 g/mol. The van der Waals surface area contributed by atoms with Gasteiger partial charge in [0.15, 0.2) is 0 Å². The average molecular weight is 289 g/mol. The van der Waals surface area contributed by atoms with Crippen molar-refractivity contribution in [1.82, 2.24) is 9.97 Å². The highest BCUT2D eigenvalue weighted by atomic mass is 35.5. The van der Waals surface area contributed by atoms with Gasteiger partial charge in [-0.1, -0.05) is 0 Å². The molecule has 4 nitrogen and oxygen atoms in total. The Hall–Kier alpha value is -1.26. The Morgan fingerprint density at radius 1 is 1.28 bits per heavy atom. The van der Waals surface area contributed by atoms with Crippen LogP contribution < -0.4 is 9.47 Å². The molecule has 18 heavy (non-hydrogen) atoms. The second-order valence-electron chi connectivity index (χ2n) is 3.45.